The molecule has 1 saturated heterocycles. The number of carbonyl (C=O) groups is 1. The molecule has 1 aliphatic heterocycles. The molecule has 0 radical (unpaired) electrons. The summed E-state index contributed by atoms with van der Waals surface area (Å²) in [5, 5.41) is 1.13. The number of amides is 1. The van der Waals surface area contributed by atoms with Crippen molar-refractivity contribution >= 4 is 16.8 Å². The summed E-state index contributed by atoms with van der Waals surface area (Å²) in [5.74, 6) is 0.160. The molecule has 2 heterocycles. The topological polar surface area (TPSA) is 28.5 Å². The van der Waals surface area contributed by atoms with Crippen molar-refractivity contribution in [3.63, 3.8) is 0 Å². The monoisotopic (exact) mass is 373 g/mol. The van der Waals surface area contributed by atoms with Gasteiger partial charge in [0.05, 0.1) is 0 Å². The number of aryl methyl sites for hydroxylation is 2. The van der Waals surface area contributed by atoms with Gasteiger partial charge in [0, 0.05) is 50.2 Å². The van der Waals surface area contributed by atoms with Crippen LogP contribution in [0.3, 0.4) is 0 Å². The number of hydrogen-bond donors (Lipinski definition) is 0. The van der Waals surface area contributed by atoms with Gasteiger partial charge < -0.3 is 9.47 Å². The van der Waals surface area contributed by atoms with Gasteiger partial charge in [-0.1, -0.05) is 42.5 Å². The van der Waals surface area contributed by atoms with Crippen molar-refractivity contribution in [1.29, 1.82) is 0 Å². The molecule has 0 spiro atoms. The summed E-state index contributed by atoms with van der Waals surface area (Å²) in [7, 11) is 1.99. The Kier molecular flexibility index (Phi) is 4.44. The Morgan fingerprint density at radius 1 is 0.929 bits per heavy atom. The maximum atomic E-state index is 13.1. The van der Waals surface area contributed by atoms with E-state index in [9.17, 15) is 4.79 Å². The van der Waals surface area contributed by atoms with Crippen molar-refractivity contribution in [2.24, 2.45) is 7.05 Å². The van der Waals surface area contributed by atoms with E-state index in [1.54, 1.807) is 0 Å². The number of rotatable bonds is 2. The van der Waals surface area contributed by atoms with E-state index in [1.807, 2.05) is 34.7 Å². The van der Waals surface area contributed by atoms with E-state index in [1.165, 1.54) is 24.0 Å². The second kappa shape index (κ2) is 7.10. The van der Waals surface area contributed by atoms with Crippen molar-refractivity contribution in [3.8, 4) is 0 Å². The Bertz CT molecular complexity index is 1010. The van der Waals surface area contributed by atoms with Crippen LogP contribution in [0.5, 0.6) is 0 Å². The minimum Gasteiger partial charge on any atom is -0.340 e. The van der Waals surface area contributed by atoms with E-state index in [2.05, 4.69) is 41.3 Å². The van der Waals surface area contributed by atoms with E-state index in [0.29, 0.717) is 6.04 Å². The molecule has 3 aromatic rings. The highest BCUT2D eigenvalue weighted by molar-refractivity contribution is 5.98. The highest BCUT2D eigenvalue weighted by Crippen LogP contribution is 2.26. The molecule has 0 saturated carbocycles. The summed E-state index contributed by atoms with van der Waals surface area (Å²) in [6, 6.07) is 19.7. The van der Waals surface area contributed by atoms with Gasteiger partial charge in [0.1, 0.15) is 5.69 Å². The summed E-state index contributed by atoms with van der Waals surface area (Å²) in [4.78, 5) is 17.8. The van der Waals surface area contributed by atoms with Crippen LogP contribution in [0.1, 0.15) is 28.0 Å². The highest BCUT2D eigenvalue weighted by atomic mass is 16.2. The molecule has 1 aromatic heterocycles. The normalized spacial score (nSPS) is 20.3. The molecule has 28 heavy (non-hydrogen) atoms. The predicted octanol–water partition coefficient (Wildman–Crippen LogP) is 3.49. The van der Waals surface area contributed by atoms with Crippen molar-refractivity contribution in [3.05, 3.63) is 71.4 Å². The van der Waals surface area contributed by atoms with Crippen LogP contribution < -0.4 is 0 Å². The summed E-state index contributed by atoms with van der Waals surface area (Å²) < 4.78 is 2.03. The molecular formula is C24H27N3O. The highest BCUT2D eigenvalue weighted by Gasteiger charge is 2.29. The van der Waals surface area contributed by atoms with E-state index >= 15 is 0 Å². The van der Waals surface area contributed by atoms with Gasteiger partial charge in [-0.15, -0.1) is 0 Å². The molecule has 0 N–H and O–H groups in total. The number of nitrogens with zero attached hydrogens (tertiary/aromatic N) is 3. The Balaban J connectivity index is 1.26. The lowest BCUT2D eigenvalue weighted by atomic mass is 9.87. The van der Waals surface area contributed by atoms with Crippen molar-refractivity contribution in [1.82, 2.24) is 14.4 Å². The Morgan fingerprint density at radius 3 is 2.43 bits per heavy atom. The molecule has 1 amide bonds. The number of fused-ring (bicyclic) bond motifs is 2. The number of carbonyl (C=O) groups excluding carboxylic acids is 1. The predicted molar refractivity (Wildman–Crippen MR) is 113 cm³/mol. The summed E-state index contributed by atoms with van der Waals surface area (Å²) >= 11 is 0. The zero-order valence-corrected chi connectivity index (χ0v) is 16.5. The number of piperazine rings is 1. The largest absolute Gasteiger partial charge is 0.340 e. The first-order chi connectivity index (χ1) is 13.7. The van der Waals surface area contributed by atoms with Crippen LogP contribution in [0.15, 0.2) is 54.6 Å². The number of benzene rings is 2. The fraction of sp³-hybridized carbons (Fsp3) is 0.375. The standard InChI is InChI=1S/C24H27N3O/c1-25-22-9-5-4-8-20(22)17-23(25)24(28)27-14-12-26(13-15-27)21-11-10-18-6-2-3-7-19(18)16-21/h2-9,17,21H,10-16H2,1H3/t21-/m0/s1. The average molecular weight is 374 g/mol. The van der Waals surface area contributed by atoms with Crippen molar-refractivity contribution < 1.29 is 4.79 Å². The second-order valence-electron chi connectivity index (χ2n) is 8.14. The van der Waals surface area contributed by atoms with Crippen LogP contribution >= 0.6 is 0 Å². The fourth-order valence-electron chi connectivity index (χ4n) is 4.94. The van der Waals surface area contributed by atoms with Crippen LogP contribution in [0.25, 0.3) is 10.9 Å². The lowest BCUT2D eigenvalue weighted by Crippen LogP contribution is -2.53. The van der Waals surface area contributed by atoms with Crippen LogP contribution in [0.2, 0.25) is 0 Å². The van der Waals surface area contributed by atoms with E-state index < -0.39 is 0 Å². The van der Waals surface area contributed by atoms with Gasteiger partial charge in [0.2, 0.25) is 0 Å². The summed E-state index contributed by atoms with van der Waals surface area (Å²) in [6.07, 6.45) is 3.55. The summed E-state index contributed by atoms with van der Waals surface area (Å²) in [6.45, 7) is 3.59. The second-order valence-corrected chi connectivity index (χ2v) is 8.14. The van der Waals surface area contributed by atoms with Crippen LogP contribution in [0, 0.1) is 0 Å². The number of hydrogen-bond acceptors (Lipinski definition) is 2. The van der Waals surface area contributed by atoms with Gasteiger partial charge >= 0.3 is 0 Å². The summed E-state index contributed by atoms with van der Waals surface area (Å²) in [5.41, 5.74) is 4.93. The van der Waals surface area contributed by atoms with Crippen LogP contribution in [0.4, 0.5) is 0 Å². The molecule has 1 fully saturated rings. The molecule has 1 aliphatic carbocycles. The lowest BCUT2D eigenvalue weighted by Gasteiger charge is -2.41. The number of aromatic nitrogens is 1. The third-order valence-electron chi connectivity index (χ3n) is 6.61. The fourth-order valence-corrected chi connectivity index (χ4v) is 4.94. The quantitative estimate of drug-likeness (QED) is 0.688. The van der Waals surface area contributed by atoms with Gasteiger partial charge in [-0.25, -0.2) is 0 Å². The molecule has 4 nitrogen and oxygen atoms in total. The molecule has 1 atom stereocenters. The smallest absolute Gasteiger partial charge is 0.270 e. The first kappa shape index (κ1) is 17.5. The van der Waals surface area contributed by atoms with Gasteiger partial charge in [-0.2, -0.15) is 0 Å². The first-order valence-electron chi connectivity index (χ1n) is 10.4. The molecule has 144 valence electrons. The van der Waals surface area contributed by atoms with Gasteiger partial charge in [-0.05, 0) is 42.5 Å². The van der Waals surface area contributed by atoms with E-state index in [4.69, 9.17) is 0 Å². The molecule has 0 bridgehead atoms. The Morgan fingerprint density at radius 2 is 1.64 bits per heavy atom. The molecular weight excluding hydrogens is 346 g/mol. The third kappa shape index (κ3) is 3.02. The molecule has 5 rings (SSSR count). The van der Waals surface area contributed by atoms with E-state index in [-0.39, 0.29) is 5.91 Å². The van der Waals surface area contributed by atoms with Crippen molar-refractivity contribution in [2.75, 3.05) is 26.2 Å². The Labute approximate surface area is 166 Å². The third-order valence-corrected chi connectivity index (χ3v) is 6.61. The van der Waals surface area contributed by atoms with Gasteiger partial charge in [0.25, 0.3) is 5.91 Å². The molecule has 0 unspecified atom stereocenters. The van der Waals surface area contributed by atoms with E-state index in [0.717, 1.165) is 49.2 Å². The first-order valence-corrected chi connectivity index (χ1v) is 10.4. The van der Waals surface area contributed by atoms with Crippen LogP contribution in [-0.2, 0) is 19.9 Å². The number of para-hydroxylation sites is 1. The lowest BCUT2D eigenvalue weighted by molar-refractivity contribution is 0.0545. The SMILES string of the molecule is Cn1c(C(=O)N2CCN([C@H]3CCc4ccccc4C3)CC2)cc2ccccc21. The van der Waals surface area contributed by atoms with Gasteiger partial charge in [0.15, 0.2) is 0 Å². The Hall–Kier alpha value is -2.59. The van der Waals surface area contributed by atoms with Crippen LogP contribution in [-0.4, -0.2) is 52.5 Å². The molecule has 2 aromatic carbocycles. The minimum atomic E-state index is 0.160. The molecule has 2 aliphatic rings. The maximum absolute atomic E-state index is 13.1. The zero-order chi connectivity index (χ0) is 19.1. The van der Waals surface area contributed by atoms with Crippen molar-refractivity contribution in [2.45, 2.75) is 25.3 Å². The average Bonchev–Trinajstić information content (AvgIpc) is 3.10. The maximum Gasteiger partial charge on any atom is 0.270 e. The minimum absolute atomic E-state index is 0.160. The van der Waals surface area contributed by atoms with Gasteiger partial charge in [-0.3, -0.25) is 9.69 Å². The zero-order valence-electron chi connectivity index (χ0n) is 16.5. The molecule has 4 heteroatoms.